The molecule has 0 radical (unpaired) electrons. The summed E-state index contributed by atoms with van der Waals surface area (Å²) in [7, 11) is 0. The van der Waals surface area contributed by atoms with Gasteiger partial charge in [0.1, 0.15) is 0 Å². The molecule has 0 saturated carbocycles. The van der Waals surface area contributed by atoms with Gasteiger partial charge in [0, 0.05) is 11.7 Å². The fraction of sp³-hybridized carbons (Fsp3) is 0.571. The van der Waals surface area contributed by atoms with Gasteiger partial charge in [0.25, 0.3) is 0 Å². The summed E-state index contributed by atoms with van der Waals surface area (Å²) < 4.78 is 0. The van der Waals surface area contributed by atoms with Gasteiger partial charge in [-0.1, -0.05) is 6.58 Å². The largest absolute Gasteiger partial charge is 0.322 e. The molecular formula is C7H12N2O. The molecule has 0 bridgehead atoms. The lowest BCUT2D eigenvalue weighted by molar-refractivity contribution is 0.206. The van der Waals surface area contributed by atoms with Crippen LogP contribution in [0.3, 0.4) is 0 Å². The maximum Gasteiger partial charge on any atom is 0.322 e. The van der Waals surface area contributed by atoms with Gasteiger partial charge in [-0.25, -0.2) is 4.79 Å². The number of hydrogen-bond donors (Lipinski definition) is 1. The second-order valence-electron chi connectivity index (χ2n) is 2.76. The monoisotopic (exact) mass is 140 g/mol. The Labute approximate surface area is 60.7 Å². The first kappa shape index (κ1) is 7.12. The van der Waals surface area contributed by atoms with Crippen LogP contribution in [0.1, 0.15) is 13.8 Å². The molecule has 0 aromatic carbocycles. The predicted molar refractivity (Wildman–Crippen MR) is 39.5 cm³/mol. The number of rotatable bonds is 1. The minimum atomic E-state index is -0.0278. The van der Waals surface area contributed by atoms with Crippen LogP contribution in [0, 0.1) is 0 Å². The lowest BCUT2D eigenvalue weighted by atomic mass is 10.3. The Balaban J connectivity index is 2.63. The Morgan fingerprint density at radius 1 is 1.70 bits per heavy atom. The van der Waals surface area contributed by atoms with Crippen LogP contribution in [0.2, 0.25) is 0 Å². The molecular weight excluding hydrogens is 128 g/mol. The topological polar surface area (TPSA) is 32.3 Å². The average Bonchev–Trinajstić information content (AvgIpc) is 2.10. The maximum absolute atomic E-state index is 11.0. The van der Waals surface area contributed by atoms with E-state index in [4.69, 9.17) is 0 Å². The van der Waals surface area contributed by atoms with E-state index in [0.29, 0.717) is 6.54 Å². The minimum absolute atomic E-state index is 0.0278. The molecule has 0 aromatic heterocycles. The standard InChI is InChI=1S/C7H12N2O/c1-5(2)9-4-6(3)8-7(9)10/h5H,3-4H2,1-2H3,(H,8,10). The van der Waals surface area contributed by atoms with Gasteiger partial charge in [-0.3, -0.25) is 0 Å². The first-order valence-corrected chi connectivity index (χ1v) is 3.36. The molecule has 2 amide bonds. The Hall–Kier alpha value is -0.990. The Kier molecular flexibility index (Phi) is 1.66. The van der Waals surface area contributed by atoms with E-state index in [1.54, 1.807) is 4.90 Å². The normalized spacial score (nSPS) is 18.5. The first-order valence-electron chi connectivity index (χ1n) is 3.36. The number of urea groups is 1. The van der Waals surface area contributed by atoms with Crippen molar-refractivity contribution in [1.29, 1.82) is 0 Å². The zero-order chi connectivity index (χ0) is 7.72. The van der Waals surface area contributed by atoms with Gasteiger partial charge >= 0.3 is 6.03 Å². The van der Waals surface area contributed by atoms with Crippen molar-refractivity contribution in [3.8, 4) is 0 Å². The van der Waals surface area contributed by atoms with Crippen molar-refractivity contribution in [2.24, 2.45) is 0 Å². The van der Waals surface area contributed by atoms with E-state index >= 15 is 0 Å². The van der Waals surface area contributed by atoms with Crippen LogP contribution >= 0.6 is 0 Å². The van der Waals surface area contributed by atoms with Crippen molar-refractivity contribution in [2.45, 2.75) is 19.9 Å². The van der Waals surface area contributed by atoms with Gasteiger partial charge in [0.15, 0.2) is 0 Å². The van der Waals surface area contributed by atoms with Crippen molar-refractivity contribution in [2.75, 3.05) is 6.54 Å². The molecule has 0 unspecified atom stereocenters. The molecule has 1 aliphatic heterocycles. The number of carbonyl (C=O) groups is 1. The van der Waals surface area contributed by atoms with E-state index in [9.17, 15) is 4.79 Å². The summed E-state index contributed by atoms with van der Waals surface area (Å²) in [4.78, 5) is 12.7. The third-order valence-electron chi connectivity index (χ3n) is 1.53. The summed E-state index contributed by atoms with van der Waals surface area (Å²) in [5.74, 6) is 0. The molecule has 1 heterocycles. The van der Waals surface area contributed by atoms with Gasteiger partial charge < -0.3 is 10.2 Å². The predicted octanol–water partition coefficient (Wildman–Crippen LogP) is 0.934. The lowest BCUT2D eigenvalue weighted by Gasteiger charge is -2.17. The highest BCUT2D eigenvalue weighted by Crippen LogP contribution is 2.08. The van der Waals surface area contributed by atoms with Crippen molar-refractivity contribution in [3.05, 3.63) is 12.3 Å². The average molecular weight is 140 g/mol. The zero-order valence-corrected chi connectivity index (χ0v) is 6.35. The summed E-state index contributed by atoms with van der Waals surface area (Å²) in [6, 6.07) is 0.235. The second kappa shape index (κ2) is 2.33. The highest BCUT2D eigenvalue weighted by molar-refractivity contribution is 5.79. The quantitative estimate of drug-likeness (QED) is 0.577. The highest BCUT2D eigenvalue weighted by atomic mass is 16.2. The molecule has 3 nitrogen and oxygen atoms in total. The molecule has 0 atom stereocenters. The summed E-state index contributed by atoms with van der Waals surface area (Å²) in [6.45, 7) is 8.28. The number of nitrogens with one attached hydrogen (secondary N) is 1. The summed E-state index contributed by atoms with van der Waals surface area (Å²) in [5.41, 5.74) is 0.790. The van der Waals surface area contributed by atoms with Crippen LogP contribution in [-0.2, 0) is 0 Å². The van der Waals surface area contributed by atoms with Crippen molar-refractivity contribution in [3.63, 3.8) is 0 Å². The summed E-state index contributed by atoms with van der Waals surface area (Å²) in [5, 5.41) is 2.64. The van der Waals surface area contributed by atoms with Gasteiger partial charge in [-0.15, -0.1) is 0 Å². The molecule has 1 aliphatic rings. The molecule has 1 N–H and O–H groups in total. The fourth-order valence-electron chi connectivity index (χ4n) is 0.957. The number of hydrogen-bond acceptors (Lipinski definition) is 1. The Bertz CT molecular complexity index is 174. The molecule has 56 valence electrons. The lowest BCUT2D eigenvalue weighted by Crippen LogP contribution is -2.33. The third-order valence-corrected chi connectivity index (χ3v) is 1.53. The van der Waals surface area contributed by atoms with E-state index in [1.165, 1.54) is 0 Å². The van der Waals surface area contributed by atoms with Crippen LogP contribution in [0.25, 0.3) is 0 Å². The van der Waals surface area contributed by atoms with Gasteiger partial charge in [-0.2, -0.15) is 0 Å². The molecule has 3 heteroatoms. The second-order valence-corrected chi connectivity index (χ2v) is 2.76. The van der Waals surface area contributed by atoms with Crippen molar-refractivity contribution in [1.82, 2.24) is 10.2 Å². The molecule has 10 heavy (non-hydrogen) atoms. The van der Waals surface area contributed by atoms with Gasteiger partial charge in [-0.05, 0) is 13.8 Å². The SMILES string of the molecule is C=C1CN(C(C)C)C(=O)N1. The summed E-state index contributed by atoms with van der Waals surface area (Å²) >= 11 is 0. The summed E-state index contributed by atoms with van der Waals surface area (Å²) in [6.07, 6.45) is 0. The van der Waals surface area contributed by atoms with E-state index in [-0.39, 0.29) is 12.1 Å². The first-order chi connectivity index (χ1) is 4.61. The van der Waals surface area contributed by atoms with E-state index in [1.807, 2.05) is 13.8 Å². The van der Waals surface area contributed by atoms with Crippen LogP contribution in [0.4, 0.5) is 4.79 Å². The zero-order valence-electron chi connectivity index (χ0n) is 6.35. The molecule has 0 aromatic rings. The van der Waals surface area contributed by atoms with Crippen LogP contribution < -0.4 is 5.32 Å². The van der Waals surface area contributed by atoms with Crippen LogP contribution in [0.5, 0.6) is 0 Å². The Morgan fingerprint density at radius 3 is 2.50 bits per heavy atom. The number of amides is 2. The van der Waals surface area contributed by atoms with Crippen molar-refractivity contribution < 1.29 is 4.79 Å². The van der Waals surface area contributed by atoms with E-state index in [2.05, 4.69) is 11.9 Å². The fourth-order valence-corrected chi connectivity index (χ4v) is 0.957. The number of nitrogens with zero attached hydrogens (tertiary/aromatic N) is 1. The maximum atomic E-state index is 11.0. The minimum Gasteiger partial charge on any atom is -0.316 e. The molecule has 1 fully saturated rings. The van der Waals surface area contributed by atoms with E-state index in [0.717, 1.165) is 5.70 Å². The Morgan fingerprint density at radius 2 is 2.30 bits per heavy atom. The van der Waals surface area contributed by atoms with Crippen molar-refractivity contribution >= 4 is 6.03 Å². The molecule has 1 saturated heterocycles. The number of carbonyl (C=O) groups excluding carboxylic acids is 1. The highest BCUT2D eigenvalue weighted by Gasteiger charge is 2.24. The molecule has 0 aliphatic carbocycles. The molecule has 0 spiro atoms. The van der Waals surface area contributed by atoms with Crippen LogP contribution in [-0.4, -0.2) is 23.5 Å². The molecule has 1 rings (SSSR count). The van der Waals surface area contributed by atoms with Gasteiger partial charge in [0.05, 0.1) is 6.54 Å². The smallest absolute Gasteiger partial charge is 0.316 e. The van der Waals surface area contributed by atoms with E-state index < -0.39 is 0 Å². The van der Waals surface area contributed by atoms with Crippen LogP contribution in [0.15, 0.2) is 12.3 Å². The van der Waals surface area contributed by atoms with Gasteiger partial charge in [0.2, 0.25) is 0 Å². The third kappa shape index (κ3) is 1.12.